The summed E-state index contributed by atoms with van der Waals surface area (Å²) in [6.07, 6.45) is 1.55. The Morgan fingerprint density at radius 1 is 1.26 bits per heavy atom. The van der Waals surface area contributed by atoms with Gasteiger partial charge < -0.3 is 15.1 Å². The maximum absolute atomic E-state index is 12.2. The number of amides is 1. The summed E-state index contributed by atoms with van der Waals surface area (Å²) in [5.41, 5.74) is 1.41. The Bertz CT molecular complexity index is 615. The maximum Gasteiger partial charge on any atom is 0.255 e. The van der Waals surface area contributed by atoms with Gasteiger partial charge in [0.25, 0.3) is 5.91 Å². The predicted octanol–water partition coefficient (Wildman–Crippen LogP) is 1.80. The van der Waals surface area contributed by atoms with E-state index in [0.29, 0.717) is 23.4 Å². The number of carbonyl (C=O) groups is 1. The van der Waals surface area contributed by atoms with Crippen LogP contribution in [0.25, 0.3) is 11.0 Å². The van der Waals surface area contributed by atoms with E-state index in [0.717, 1.165) is 24.1 Å². The Labute approximate surface area is 116 Å². The fourth-order valence-corrected chi connectivity index (χ4v) is 3.02. The van der Waals surface area contributed by atoms with Crippen LogP contribution in [-0.2, 0) is 0 Å². The standard InChI is InChI=1S/C14H14N2O2.ClH/c17-14(16-13-9-5-15-6-10(9)13)11-7-18-12-4-2-1-3-8(11)12;/h1-4,7,9-10,13,15H,5-6H2,(H,16,17);1H. The van der Waals surface area contributed by atoms with Gasteiger partial charge in [0.15, 0.2) is 0 Å². The summed E-state index contributed by atoms with van der Waals surface area (Å²) in [5.74, 6) is 1.25. The van der Waals surface area contributed by atoms with E-state index in [-0.39, 0.29) is 18.3 Å². The number of hydrogen-bond donors (Lipinski definition) is 2. The number of furan rings is 1. The summed E-state index contributed by atoms with van der Waals surface area (Å²) < 4.78 is 5.39. The van der Waals surface area contributed by atoms with Gasteiger partial charge in [-0.25, -0.2) is 0 Å². The van der Waals surface area contributed by atoms with E-state index in [1.165, 1.54) is 0 Å². The highest BCUT2D eigenvalue weighted by Gasteiger charge is 2.53. The Hall–Kier alpha value is -1.52. The summed E-state index contributed by atoms with van der Waals surface area (Å²) in [6.45, 7) is 2.06. The lowest BCUT2D eigenvalue weighted by molar-refractivity contribution is 0.0947. The maximum atomic E-state index is 12.2. The first-order chi connectivity index (χ1) is 8.84. The molecule has 1 saturated heterocycles. The van der Waals surface area contributed by atoms with Crippen LogP contribution in [0.1, 0.15) is 10.4 Å². The van der Waals surface area contributed by atoms with E-state index in [2.05, 4.69) is 10.6 Å². The molecule has 1 aliphatic carbocycles. The fourth-order valence-electron chi connectivity index (χ4n) is 3.02. The Balaban J connectivity index is 0.00000110. The molecule has 5 heteroatoms. The van der Waals surface area contributed by atoms with Crippen molar-refractivity contribution in [1.29, 1.82) is 0 Å². The van der Waals surface area contributed by atoms with Gasteiger partial charge in [0.1, 0.15) is 11.8 Å². The highest BCUT2D eigenvalue weighted by Crippen LogP contribution is 2.41. The van der Waals surface area contributed by atoms with Gasteiger partial charge in [-0.2, -0.15) is 0 Å². The average molecular weight is 279 g/mol. The van der Waals surface area contributed by atoms with Crippen molar-refractivity contribution < 1.29 is 9.21 Å². The summed E-state index contributed by atoms with van der Waals surface area (Å²) in [6, 6.07) is 7.98. The van der Waals surface area contributed by atoms with Crippen molar-refractivity contribution in [2.75, 3.05) is 13.1 Å². The zero-order chi connectivity index (χ0) is 12.1. The largest absolute Gasteiger partial charge is 0.463 e. The predicted molar refractivity (Wildman–Crippen MR) is 74.6 cm³/mol. The molecule has 2 atom stereocenters. The van der Waals surface area contributed by atoms with Crippen molar-refractivity contribution in [3.05, 3.63) is 36.1 Å². The Kier molecular flexibility index (Phi) is 2.99. The molecule has 1 aliphatic heterocycles. The molecular formula is C14H15ClN2O2. The van der Waals surface area contributed by atoms with Crippen molar-refractivity contribution in [2.24, 2.45) is 11.8 Å². The molecule has 1 saturated carbocycles. The van der Waals surface area contributed by atoms with E-state index in [9.17, 15) is 4.79 Å². The third-order valence-electron chi connectivity index (χ3n) is 4.12. The molecule has 2 unspecified atom stereocenters. The van der Waals surface area contributed by atoms with Crippen molar-refractivity contribution in [3.63, 3.8) is 0 Å². The van der Waals surface area contributed by atoms with E-state index < -0.39 is 0 Å². The third-order valence-corrected chi connectivity index (χ3v) is 4.12. The molecule has 2 N–H and O–H groups in total. The average Bonchev–Trinajstić information content (AvgIpc) is 2.84. The lowest BCUT2D eigenvalue weighted by Crippen LogP contribution is -2.32. The van der Waals surface area contributed by atoms with Gasteiger partial charge in [-0.3, -0.25) is 4.79 Å². The van der Waals surface area contributed by atoms with Gasteiger partial charge in [-0.1, -0.05) is 18.2 Å². The smallest absolute Gasteiger partial charge is 0.255 e. The second kappa shape index (κ2) is 4.54. The third kappa shape index (κ3) is 1.91. The monoisotopic (exact) mass is 278 g/mol. The minimum absolute atomic E-state index is 0. The van der Waals surface area contributed by atoms with E-state index >= 15 is 0 Å². The van der Waals surface area contributed by atoms with Crippen LogP contribution in [0.5, 0.6) is 0 Å². The first kappa shape index (κ1) is 12.5. The summed E-state index contributed by atoms with van der Waals surface area (Å²) in [7, 11) is 0. The molecule has 100 valence electrons. The molecule has 0 spiro atoms. The summed E-state index contributed by atoms with van der Waals surface area (Å²) >= 11 is 0. The molecule has 2 aromatic rings. The first-order valence-corrected chi connectivity index (χ1v) is 6.32. The van der Waals surface area contributed by atoms with Crippen LogP contribution < -0.4 is 10.6 Å². The number of para-hydroxylation sites is 1. The number of halogens is 1. The highest BCUT2D eigenvalue weighted by molar-refractivity contribution is 6.06. The zero-order valence-corrected chi connectivity index (χ0v) is 11.1. The second-order valence-corrected chi connectivity index (χ2v) is 5.13. The van der Waals surface area contributed by atoms with Crippen LogP contribution in [0.15, 0.2) is 34.9 Å². The molecule has 2 fully saturated rings. The highest BCUT2D eigenvalue weighted by atomic mass is 35.5. The van der Waals surface area contributed by atoms with Crippen molar-refractivity contribution in [3.8, 4) is 0 Å². The van der Waals surface area contributed by atoms with Crippen LogP contribution in [0.2, 0.25) is 0 Å². The summed E-state index contributed by atoms with van der Waals surface area (Å²) in [4.78, 5) is 12.2. The SMILES string of the molecule is Cl.O=C(NC1C2CNCC21)c1coc2ccccc12. The molecule has 2 aliphatic rings. The number of nitrogens with one attached hydrogen (secondary N) is 2. The number of carbonyl (C=O) groups excluding carboxylic acids is 1. The molecule has 0 bridgehead atoms. The topological polar surface area (TPSA) is 54.3 Å². The Morgan fingerprint density at radius 2 is 2.00 bits per heavy atom. The number of fused-ring (bicyclic) bond motifs is 2. The van der Waals surface area contributed by atoms with E-state index in [4.69, 9.17) is 4.42 Å². The van der Waals surface area contributed by atoms with Crippen molar-refractivity contribution >= 4 is 29.3 Å². The van der Waals surface area contributed by atoms with Gasteiger partial charge in [-0.15, -0.1) is 12.4 Å². The van der Waals surface area contributed by atoms with E-state index in [1.54, 1.807) is 6.26 Å². The number of benzene rings is 1. The molecule has 2 heterocycles. The van der Waals surface area contributed by atoms with Crippen molar-refractivity contribution in [2.45, 2.75) is 6.04 Å². The van der Waals surface area contributed by atoms with Crippen LogP contribution in [0.4, 0.5) is 0 Å². The molecule has 4 rings (SSSR count). The van der Waals surface area contributed by atoms with Gasteiger partial charge in [0, 0.05) is 24.5 Å². The quantitative estimate of drug-likeness (QED) is 0.881. The molecule has 19 heavy (non-hydrogen) atoms. The summed E-state index contributed by atoms with van der Waals surface area (Å²) in [5, 5.41) is 7.32. The number of hydrogen-bond acceptors (Lipinski definition) is 3. The van der Waals surface area contributed by atoms with Crippen molar-refractivity contribution in [1.82, 2.24) is 10.6 Å². The number of piperidine rings is 1. The van der Waals surface area contributed by atoms with Gasteiger partial charge >= 0.3 is 0 Å². The minimum atomic E-state index is -0.0145. The van der Waals surface area contributed by atoms with Gasteiger partial charge in [0.2, 0.25) is 0 Å². The van der Waals surface area contributed by atoms with Crippen LogP contribution in [-0.4, -0.2) is 25.0 Å². The zero-order valence-electron chi connectivity index (χ0n) is 10.3. The first-order valence-electron chi connectivity index (χ1n) is 6.32. The van der Waals surface area contributed by atoms with E-state index in [1.807, 2.05) is 24.3 Å². The molecular weight excluding hydrogens is 264 g/mol. The molecule has 1 amide bonds. The van der Waals surface area contributed by atoms with Gasteiger partial charge in [-0.05, 0) is 17.9 Å². The van der Waals surface area contributed by atoms with Crippen LogP contribution in [0.3, 0.4) is 0 Å². The molecule has 1 aromatic carbocycles. The molecule has 1 aromatic heterocycles. The minimum Gasteiger partial charge on any atom is -0.463 e. The van der Waals surface area contributed by atoms with Gasteiger partial charge in [0.05, 0.1) is 5.56 Å². The molecule has 4 nitrogen and oxygen atoms in total. The van der Waals surface area contributed by atoms with Crippen LogP contribution >= 0.6 is 12.4 Å². The second-order valence-electron chi connectivity index (χ2n) is 5.13. The number of rotatable bonds is 2. The fraction of sp³-hybridized carbons (Fsp3) is 0.357. The normalized spacial score (nSPS) is 27.7. The Morgan fingerprint density at radius 3 is 2.79 bits per heavy atom. The lowest BCUT2D eigenvalue weighted by atomic mass is 10.1. The molecule has 0 radical (unpaired) electrons. The van der Waals surface area contributed by atoms with Crippen LogP contribution in [0, 0.1) is 11.8 Å². The lowest BCUT2D eigenvalue weighted by Gasteiger charge is -2.06.